The van der Waals surface area contributed by atoms with Crippen LogP contribution in [-0.2, 0) is 26.0 Å². The van der Waals surface area contributed by atoms with Crippen LogP contribution in [0, 0.1) is 0 Å². The maximum Gasteiger partial charge on any atom is 0.240 e. The van der Waals surface area contributed by atoms with Crippen molar-refractivity contribution in [3.05, 3.63) is 54.1 Å². The van der Waals surface area contributed by atoms with Crippen molar-refractivity contribution in [2.24, 2.45) is 0 Å². The Balaban J connectivity index is 1.59. The Morgan fingerprint density at radius 3 is 2.43 bits per heavy atom. The van der Waals surface area contributed by atoms with E-state index in [0.29, 0.717) is 26.1 Å². The van der Waals surface area contributed by atoms with Gasteiger partial charge in [-0.25, -0.2) is 13.1 Å². The van der Waals surface area contributed by atoms with Crippen molar-refractivity contribution in [2.75, 3.05) is 43.6 Å². The Labute approximate surface area is 165 Å². The number of ether oxygens (including phenoxy) is 1. The van der Waals surface area contributed by atoms with Gasteiger partial charge in [-0.1, -0.05) is 24.3 Å². The third-order valence-electron chi connectivity index (χ3n) is 4.67. The number of benzene rings is 2. The zero-order valence-corrected chi connectivity index (χ0v) is 16.7. The zero-order chi connectivity index (χ0) is 20.0. The second-order valence-electron chi connectivity index (χ2n) is 6.52. The highest BCUT2D eigenvalue weighted by molar-refractivity contribution is 7.89. The number of nitrogens with zero attached hydrogens (tertiary/aromatic N) is 1. The fourth-order valence-corrected chi connectivity index (χ4v) is 3.81. The van der Waals surface area contributed by atoms with Gasteiger partial charge in [0.1, 0.15) is 0 Å². The van der Waals surface area contributed by atoms with Gasteiger partial charge in [0, 0.05) is 19.5 Å². The maximum absolute atomic E-state index is 12.4. The number of para-hydroxylation sites is 2. The summed E-state index contributed by atoms with van der Waals surface area (Å²) in [5.41, 5.74) is 2.71. The molecule has 2 N–H and O–H groups in total. The van der Waals surface area contributed by atoms with Crippen LogP contribution in [0.4, 0.5) is 11.4 Å². The molecule has 1 fully saturated rings. The first-order valence-electron chi connectivity index (χ1n) is 9.23. The number of rotatable bonds is 7. The average molecular weight is 404 g/mol. The summed E-state index contributed by atoms with van der Waals surface area (Å²) in [6.07, 6.45) is 0.848. The van der Waals surface area contributed by atoms with Crippen LogP contribution >= 0.6 is 0 Å². The molecule has 28 heavy (non-hydrogen) atoms. The van der Waals surface area contributed by atoms with Crippen LogP contribution in [0.3, 0.4) is 0 Å². The SMILES string of the molecule is CNS(=O)(=O)c1ccc(CCC(=O)Nc2ccccc2N2CCOCC2)cc1. The van der Waals surface area contributed by atoms with E-state index < -0.39 is 10.0 Å². The van der Waals surface area contributed by atoms with Crippen LogP contribution in [0.2, 0.25) is 0 Å². The van der Waals surface area contributed by atoms with E-state index in [-0.39, 0.29) is 10.8 Å². The van der Waals surface area contributed by atoms with Gasteiger partial charge in [-0.2, -0.15) is 0 Å². The molecule has 1 amide bonds. The molecular weight excluding hydrogens is 378 g/mol. The Kier molecular flexibility index (Phi) is 6.66. The number of aryl methyl sites for hydroxylation is 1. The summed E-state index contributed by atoms with van der Waals surface area (Å²) in [7, 11) is -2.07. The van der Waals surface area contributed by atoms with Crippen molar-refractivity contribution in [3.8, 4) is 0 Å². The lowest BCUT2D eigenvalue weighted by Crippen LogP contribution is -2.36. The summed E-state index contributed by atoms with van der Waals surface area (Å²) >= 11 is 0. The van der Waals surface area contributed by atoms with Gasteiger partial charge in [-0.3, -0.25) is 4.79 Å². The molecule has 150 valence electrons. The molecule has 0 saturated carbocycles. The van der Waals surface area contributed by atoms with Gasteiger partial charge in [0.2, 0.25) is 15.9 Å². The minimum atomic E-state index is -3.45. The monoisotopic (exact) mass is 403 g/mol. The predicted molar refractivity (Wildman–Crippen MR) is 109 cm³/mol. The smallest absolute Gasteiger partial charge is 0.240 e. The number of anilines is 2. The molecule has 0 radical (unpaired) electrons. The molecule has 0 spiro atoms. The first-order valence-corrected chi connectivity index (χ1v) is 10.7. The minimum absolute atomic E-state index is 0.0763. The van der Waals surface area contributed by atoms with Gasteiger partial charge in [0.15, 0.2) is 0 Å². The Morgan fingerprint density at radius 1 is 1.07 bits per heavy atom. The summed E-state index contributed by atoms with van der Waals surface area (Å²) in [5, 5.41) is 3.00. The molecule has 3 rings (SSSR count). The molecule has 0 atom stereocenters. The molecular formula is C20H25N3O4S. The number of amides is 1. The highest BCUT2D eigenvalue weighted by atomic mass is 32.2. The van der Waals surface area contributed by atoms with Gasteiger partial charge in [-0.05, 0) is 43.3 Å². The van der Waals surface area contributed by atoms with E-state index in [1.807, 2.05) is 24.3 Å². The Hall–Kier alpha value is -2.42. The Bertz CT molecular complexity index is 907. The van der Waals surface area contributed by atoms with Crippen molar-refractivity contribution < 1.29 is 17.9 Å². The van der Waals surface area contributed by atoms with Crippen LogP contribution in [0.15, 0.2) is 53.4 Å². The number of hydrogen-bond donors (Lipinski definition) is 2. The lowest BCUT2D eigenvalue weighted by molar-refractivity contribution is -0.116. The summed E-state index contributed by atoms with van der Waals surface area (Å²) < 4.78 is 31.2. The van der Waals surface area contributed by atoms with Crippen molar-refractivity contribution >= 4 is 27.3 Å². The molecule has 2 aromatic carbocycles. The van der Waals surface area contributed by atoms with E-state index in [2.05, 4.69) is 14.9 Å². The van der Waals surface area contributed by atoms with E-state index >= 15 is 0 Å². The number of morpholine rings is 1. The van der Waals surface area contributed by atoms with Crippen molar-refractivity contribution in [3.63, 3.8) is 0 Å². The topological polar surface area (TPSA) is 87.7 Å². The largest absolute Gasteiger partial charge is 0.378 e. The molecule has 1 heterocycles. The van der Waals surface area contributed by atoms with Crippen molar-refractivity contribution in [1.29, 1.82) is 0 Å². The number of carbonyl (C=O) groups is 1. The fraction of sp³-hybridized carbons (Fsp3) is 0.350. The zero-order valence-electron chi connectivity index (χ0n) is 15.8. The quantitative estimate of drug-likeness (QED) is 0.738. The van der Waals surface area contributed by atoms with E-state index in [1.54, 1.807) is 24.3 Å². The summed E-state index contributed by atoms with van der Waals surface area (Å²) in [4.78, 5) is 14.9. The third kappa shape index (κ3) is 5.09. The number of carbonyl (C=O) groups excluding carboxylic acids is 1. The predicted octanol–water partition coefficient (Wildman–Crippen LogP) is 2.00. The summed E-state index contributed by atoms with van der Waals surface area (Å²) in [5.74, 6) is -0.0763. The van der Waals surface area contributed by atoms with Gasteiger partial charge in [-0.15, -0.1) is 0 Å². The van der Waals surface area contributed by atoms with Crippen LogP contribution in [0.5, 0.6) is 0 Å². The van der Waals surface area contributed by atoms with Crippen LogP contribution in [0.25, 0.3) is 0 Å². The number of hydrogen-bond acceptors (Lipinski definition) is 5. The molecule has 2 aromatic rings. The fourth-order valence-electron chi connectivity index (χ4n) is 3.08. The van der Waals surface area contributed by atoms with Gasteiger partial charge < -0.3 is 15.0 Å². The second kappa shape index (κ2) is 9.18. The van der Waals surface area contributed by atoms with E-state index in [0.717, 1.165) is 30.0 Å². The number of sulfonamides is 1. The van der Waals surface area contributed by atoms with Crippen LogP contribution in [0.1, 0.15) is 12.0 Å². The van der Waals surface area contributed by atoms with E-state index in [9.17, 15) is 13.2 Å². The molecule has 0 aliphatic carbocycles. The highest BCUT2D eigenvalue weighted by Gasteiger charge is 2.16. The molecule has 0 bridgehead atoms. The summed E-state index contributed by atoms with van der Waals surface area (Å²) in [6.45, 7) is 2.96. The van der Waals surface area contributed by atoms with Crippen LogP contribution in [-0.4, -0.2) is 47.7 Å². The molecule has 0 aromatic heterocycles. The standard InChI is InChI=1S/C20H25N3O4S/c1-21-28(25,26)17-9-6-16(7-10-17)8-11-20(24)22-18-4-2-3-5-19(18)23-12-14-27-15-13-23/h2-7,9-10,21H,8,11-15H2,1H3,(H,22,24). The van der Waals surface area contributed by atoms with Crippen molar-refractivity contribution in [2.45, 2.75) is 17.7 Å². The maximum atomic E-state index is 12.4. The molecule has 1 aliphatic heterocycles. The average Bonchev–Trinajstić information content (AvgIpc) is 2.73. The first kappa shape index (κ1) is 20.3. The minimum Gasteiger partial charge on any atom is -0.378 e. The third-order valence-corrected chi connectivity index (χ3v) is 6.10. The lowest BCUT2D eigenvalue weighted by Gasteiger charge is -2.30. The van der Waals surface area contributed by atoms with E-state index in [1.165, 1.54) is 7.05 Å². The summed E-state index contributed by atoms with van der Waals surface area (Å²) in [6, 6.07) is 14.3. The lowest BCUT2D eigenvalue weighted by atomic mass is 10.1. The van der Waals surface area contributed by atoms with E-state index in [4.69, 9.17) is 4.74 Å². The molecule has 8 heteroatoms. The second-order valence-corrected chi connectivity index (χ2v) is 8.40. The normalized spacial score (nSPS) is 14.7. The first-order chi connectivity index (χ1) is 13.5. The molecule has 0 unspecified atom stereocenters. The molecule has 7 nitrogen and oxygen atoms in total. The Morgan fingerprint density at radius 2 is 1.75 bits per heavy atom. The van der Waals surface area contributed by atoms with Gasteiger partial charge >= 0.3 is 0 Å². The van der Waals surface area contributed by atoms with Gasteiger partial charge in [0.25, 0.3) is 0 Å². The van der Waals surface area contributed by atoms with Gasteiger partial charge in [0.05, 0.1) is 29.5 Å². The number of nitrogens with one attached hydrogen (secondary N) is 2. The molecule has 1 aliphatic rings. The van der Waals surface area contributed by atoms with Crippen molar-refractivity contribution in [1.82, 2.24) is 4.72 Å². The molecule has 1 saturated heterocycles. The van der Waals surface area contributed by atoms with Crippen LogP contribution < -0.4 is 14.9 Å². The highest BCUT2D eigenvalue weighted by Crippen LogP contribution is 2.26.